The Morgan fingerprint density at radius 2 is 1.74 bits per heavy atom. The van der Waals surface area contributed by atoms with Gasteiger partial charge in [0, 0.05) is 0 Å². The zero-order valence-corrected chi connectivity index (χ0v) is 14.3. The molecule has 1 heterocycles. The molecule has 23 heavy (non-hydrogen) atoms. The van der Waals surface area contributed by atoms with Crippen molar-refractivity contribution in [3.05, 3.63) is 29.6 Å². The van der Waals surface area contributed by atoms with Crippen LogP contribution in [0.3, 0.4) is 0 Å². The van der Waals surface area contributed by atoms with Crippen molar-refractivity contribution in [3.63, 3.8) is 0 Å². The van der Waals surface area contributed by atoms with Crippen LogP contribution >= 0.6 is 0 Å². The van der Waals surface area contributed by atoms with E-state index in [1.807, 2.05) is 13.8 Å². The Balaban J connectivity index is 2.54. The minimum Gasteiger partial charge on any atom is -0.461 e. The zero-order chi connectivity index (χ0) is 17.1. The van der Waals surface area contributed by atoms with E-state index >= 15 is 0 Å². The van der Waals surface area contributed by atoms with Crippen molar-refractivity contribution < 1.29 is 19.1 Å². The Hall–Kier alpha value is -1.91. The van der Waals surface area contributed by atoms with E-state index in [2.05, 4.69) is 11.9 Å². The van der Waals surface area contributed by atoms with Crippen molar-refractivity contribution in [2.24, 2.45) is 0 Å². The van der Waals surface area contributed by atoms with Crippen LogP contribution < -0.4 is 0 Å². The summed E-state index contributed by atoms with van der Waals surface area (Å²) in [6.07, 6.45) is 5.99. The van der Waals surface area contributed by atoms with Crippen LogP contribution in [-0.4, -0.2) is 29.6 Å². The molecule has 0 aromatic carbocycles. The first-order valence-electron chi connectivity index (χ1n) is 8.43. The molecule has 0 fully saturated rings. The molecule has 0 aliphatic heterocycles. The SMILES string of the molecule is CCCCCCC(C)OC(=O)c1cccc(C(=O)OCCC)n1. The van der Waals surface area contributed by atoms with Crippen molar-refractivity contribution in [2.45, 2.75) is 65.4 Å². The Bertz CT molecular complexity index is 502. The summed E-state index contributed by atoms with van der Waals surface area (Å²) in [6, 6.07) is 4.68. The van der Waals surface area contributed by atoms with E-state index < -0.39 is 11.9 Å². The molecule has 1 unspecified atom stereocenters. The van der Waals surface area contributed by atoms with Gasteiger partial charge in [0.1, 0.15) is 11.4 Å². The molecule has 1 atom stereocenters. The van der Waals surface area contributed by atoms with Crippen molar-refractivity contribution in [3.8, 4) is 0 Å². The van der Waals surface area contributed by atoms with Crippen LogP contribution in [0.25, 0.3) is 0 Å². The molecule has 0 aliphatic carbocycles. The highest BCUT2D eigenvalue weighted by Gasteiger charge is 2.16. The van der Waals surface area contributed by atoms with E-state index in [-0.39, 0.29) is 17.5 Å². The van der Waals surface area contributed by atoms with Crippen LogP contribution in [0.15, 0.2) is 18.2 Å². The third kappa shape index (κ3) is 7.26. The number of unbranched alkanes of at least 4 members (excludes halogenated alkanes) is 3. The van der Waals surface area contributed by atoms with Crippen molar-refractivity contribution in [1.82, 2.24) is 4.98 Å². The van der Waals surface area contributed by atoms with E-state index in [1.165, 1.54) is 18.9 Å². The van der Waals surface area contributed by atoms with Gasteiger partial charge in [-0.15, -0.1) is 0 Å². The molecule has 5 heteroatoms. The number of pyridine rings is 1. The largest absolute Gasteiger partial charge is 0.461 e. The van der Waals surface area contributed by atoms with Gasteiger partial charge < -0.3 is 9.47 Å². The Morgan fingerprint density at radius 1 is 1.04 bits per heavy atom. The van der Waals surface area contributed by atoms with E-state index in [0.29, 0.717) is 6.61 Å². The first-order valence-corrected chi connectivity index (χ1v) is 8.43. The Morgan fingerprint density at radius 3 is 2.39 bits per heavy atom. The zero-order valence-electron chi connectivity index (χ0n) is 14.3. The molecule has 0 saturated heterocycles. The van der Waals surface area contributed by atoms with Gasteiger partial charge in [0.05, 0.1) is 12.7 Å². The second-order valence-corrected chi connectivity index (χ2v) is 5.61. The van der Waals surface area contributed by atoms with Crippen LogP contribution in [0.1, 0.15) is 80.3 Å². The number of hydrogen-bond acceptors (Lipinski definition) is 5. The molecule has 0 spiro atoms. The lowest BCUT2D eigenvalue weighted by Crippen LogP contribution is -2.17. The van der Waals surface area contributed by atoms with Crippen molar-refractivity contribution in [2.75, 3.05) is 6.61 Å². The van der Waals surface area contributed by atoms with E-state index in [9.17, 15) is 9.59 Å². The van der Waals surface area contributed by atoms with Crippen molar-refractivity contribution >= 4 is 11.9 Å². The molecule has 0 bridgehead atoms. The first-order chi connectivity index (χ1) is 11.1. The minimum atomic E-state index is -0.519. The Labute approximate surface area is 138 Å². The van der Waals surface area contributed by atoms with Crippen LogP contribution in [0.5, 0.6) is 0 Å². The van der Waals surface area contributed by atoms with E-state index in [4.69, 9.17) is 9.47 Å². The van der Waals surface area contributed by atoms with E-state index in [1.54, 1.807) is 12.1 Å². The molecule has 128 valence electrons. The molecule has 0 aliphatic rings. The summed E-state index contributed by atoms with van der Waals surface area (Å²) in [5, 5.41) is 0. The summed E-state index contributed by atoms with van der Waals surface area (Å²) in [6.45, 7) is 6.29. The van der Waals surface area contributed by atoms with Crippen molar-refractivity contribution in [1.29, 1.82) is 0 Å². The lowest BCUT2D eigenvalue weighted by molar-refractivity contribution is 0.0312. The second-order valence-electron chi connectivity index (χ2n) is 5.61. The number of esters is 2. The number of carbonyl (C=O) groups is 2. The lowest BCUT2D eigenvalue weighted by Gasteiger charge is -2.13. The second kappa shape index (κ2) is 10.8. The first kappa shape index (κ1) is 19.1. The minimum absolute atomic E-state index is 0.128. The quantitative estimate of drug-likeness (QED) is 0.478. The third-order valence-electron chi connectivity index (χ3n) is 3.38. The maximum absolute atomic E-state index is 12.1. The molecule has 0 radical (unpaired) electrons. The molecular formula is C18H27NO4. The number of hydrogen-bond donors (Lipinski definition) is 0. The fourth-order valence-corrected chi connectivity index (χ4v) is 2.09. The highest BCUT2D eigenvalue weighted by Crippen LogP contribution is 2.10. The summed E-state index contributed by atoms with van der Waals surface area (Å²) in [5.74, 6) is -1.02. The third-order valence-corrected chi connectivity index (χ3v) is 3.38. The average Bonchev–Trinajstić information content (AvgIpc) is 2.56. The Kier molecular flexibility index (Phi) is 8.95. The normalized spacial score (nSPS) is 11.8. The molecule has 0 amide bonds. The smallest absolute Gasteiger partial charge is 0.357 e. The van der Waals surface area contributed by atoms with Crippen LogP contribution in [-0.2, 0) is 9.47 Å². The molecular weight excluding hydrogens is 294 g/mol. The summed E-state index contributed by atoms with van der Waals surface area (Å²) in [7, 11) is 0. The van der Waals surface area contributed by atoms with Crippen LogP contribution in [0.2, 0.25) is 0 Å². The molecule has 1 aromatic rings. The van der Waals surface area contributed by atoms with Gasteiger partial charge in [-0.3, -0.25) is 0 Å². The summed E-state index contributed by atoms with van der Waals surface area (Å²) in [4.78, 5) is 27.9. The predicted molar refractivity (Wildman–Crippen MR) is 88.4 cm³/mol. The topological polar surface area (TPSA) is 65.5 Å². The van der Waals surface area contributed by atoms with Gasteiger partial charge in [-0.1, -0.05) is 39.2 Å². The maximum atomic E-state index is 12.1. The summed E-state index contributed by atoms with van der Waals surface area (Å²) < 4.78 is 10.4. The van der Waals surface area contributed by atoms with Gasteiger partial charge in [-0.25, -0.2) is 14.6 Å². The van der Waals surface area contributed by atoms with Crippen LogP contribution in [0, 0.1) is 0 Å². The standard InChI is InChI=1S/C18H27NO4/c1-4-6-7-8-10-14(3)23-18(21)16-12-9-11-15(19-16)17(20)22-13-5-2/h9,11-12,14H,4-8,10,13H2,1-3H3. The molecule has 0 saturated carbocycles. The van der Waals surface area contributed by atoms with Crippen LogP contribution in [0.4, 0.5) is 0 Å². The van der Waals surface area contributed by atoms with Gasteiger partial charge in [-0.2, -0.15) is 0 Å². The average molecular weight is 321 g/mol. The number of aromatic nitrogens is 1. The molecule has 1 aromatic heterocycles. The van der Waals surface area contributed by atoms with Gasteiger partial charge >= 0.3 is 11.9 Å². The number of rotatable bonds is 10. The lowest BCUT2D eigenvalue weighted by atomic mass is 10.1. The van der Waals surface area contributed by atoms with Gasteiger partial charge in [0.15, 0.2) is 0 Å². The predicted octanol–water partition coefficient (Wildman–Crippen LogP) is 4.16. The highest BCUT2D eigenvalue weighted by atomic mass is 16.5. The van der Waals surface area contributed by atoms with Gasteiger partial charge in [0.2, 0.25) is 0 Å². The number of nitrogens with zero attached hydrogens (tertiary/aromatic N) is 1. The van der Waals surface area contributed by atoms with Gasteiger partial charge in [-0.05, 0) is 38.3 Å². The molecule has 1 rings (SSSR count). The number of ether oxygens (including phenoxy) is 2. The fraction of sp³-hybridized carbons (Fsp3) is 0.611. The number of carbonyl (C=O) groups excluding carboxylic acids is 2. The summed E-state index contributed by atoms with van der Waals surface area (Å²) >= 11 is 0. The summed E-state index contributed by atoms with van der Waals surface area (Å²) in [5.41, 5.74) is 0.264. The molecule has 5 nitrogen and oxygen atoms in total. The van der Waals surface area contributed by atoms with E-state index in [0.717, 1.165) is 25.7 Å². The highest BCUT2D eigenvalue weighted by molar-refractivity contribution is 5.91. The monoisotopic (exact) mass is 321 g/mol. The fourth-order valence-electron chi connectivity index (χ4n) is 2.09. The maximum Gasteiger partial charge on any atom is 0.357 e. The molecule has 0 N–H and O–H groups in total. The van der Waals surface area contributed by atoms with Gasteiger partial charge in [0.25, 0.3) is 0 Å².